The van der Waals surface area contributed by atoms with Gasteiger partial charge in [0.2, 0.25) is 0 Å². The molecule has 156 valence electrons. The standard InChI is InChI=1S/C23H24ClN3O2S/c24-17-3-1-2-16(12-17)14-27-9-6-15(7-10-27)13-25-23(28)21-19-4-5-20-18(8-11-30-20)22(19)29-26-21/h1-3,8,11-12,15H,4-7,9-10,13-14H2,(H,25,28). The molecule has 1 aliphatic heterocycles. The molecule has 30 heavy (non-hydrogen) atoms. The molecule has 1 amide bonds. The maximum atomic E-state index is 12.8. The van der Waals surface area contributed by atoms with Crippen LogP contribution in [-0.4, -0.2) is 35.6 Å². The average Bonchev–Trinajstić information content (AvgIpc) is 3.39. The number of piperidine rings is 1. The van der Waals surface area contributed by atoms with E-state index in [1.165, 1.54) is 10.4 Å². The van der Waals surface area contributed by atoms with Crippen molar-refractivity contribution in [3.05, 3.63) is 62.4 Å². The zero-order valence-corrected chi connectivity index (χ0v) is 18.3. The molecule has 3 aromatic rings. The summed E-state index contributed by atoms with van der Waals surface area (Å²) in [5.41, 5.74) is 3.76. The Hall–Kier alpha value is -2.15. The molecule has 0 saturated carbocycles. The van der Waals surface area contributed by atoms with E-state index in [4.69, 9.17) is 16.1 Å². The Morgan fingerprint density at radius 2 is 2.13 bits per heavy atom. The van der Waals surface area contributed by atoms with Gasteiger partial charge < -0.3 is 9.84 Å². The van der Waals surface area contributed by atoms with Crippen molar-refractivity contribution in [1.29, 1.82) is 0 Å². The lowest BCUT2D eigenvalue weighted by Crippen LogP contribution is -2.38. The van der Waals surface area contributed by atoms with Gasteiger partial charge in [0.1, 0.15) is 0 Å². The summed E-state index contributed by atoms with van der Waals surface area (Å²) in [6.45, 7) is 3.69. The molecule has 5 rings (SSSR count). The number of carbonyl (C=O) groups excluding carboxylic acids is 1. The Labute approximate surface area is 185 Å². The van der Waals surface area contributed by atoms with Crippen LogP contribution >= 0.6 is 22.9 Å². The number of halogens is 1. The first-order valence-corrected chi connectivity index (χ1v) is 11.7. The number of thiophene rings is 1. The normalized spacial score (nSPS) is 16.8. The topological polar surface area (TPSA) is 58.4 Å². The van der Waals surface area contributed by atoms with Gasteiger partial charge in [0.25, 0.3) is 5.91 Å². The first-order valence-electron chi connectivity index (χ1n) is 10.5. The van der Waals surface area contributed by atoms with Gasteiger partial charge in [-0.3, -0.25) is 9.69 Å². The summed E-state index contributed by atoms with van der Waals surface area (Å²) in [7, 11) is 0. The van der Waals surface area contributed by atoms with Gasteiger partial charge in [-0.05, 0) is 73.8 Å². The molecule has 0 spiro atoms. The van der Waals surface area contributed by atoms with E-state index in [1.54, 1.807) is 11.3 Å². The number of nitrogens with zero attached hydrogens (tertiary/aromatic N) is 2. The summed E-state index contributed by atoms with van der Waals surface area (Å²) in [6.07, 6.45) is 3.93. The summed E-state index contributed by atoms with van der Waals surface area (Å²) in [5, 5.41) is 10.1. The van der Waals surface area contributed by atoms with Crippen LogP contribution in [0.3, 0.4) is 0 Å². The second kappa shape index (κ2) is 8.53. The highest BCUT2D eigenvalue weighted by atomic mass is 35.5. The Bertz CT molecular complexity index is 1050. The van der Waals surface area contributed by atoms with E-state index in [9.17, 15) is 4.79 Å². The third-order valence-electron chi connectivity index (χ3n) is 6.15. The Morgan fingerprint density at radius 1 is 1.27 bits per heavy atom. The van der Waals surface area contributed by atoms with Gasteiger partial charge in [-0.15, -0.1) is 11.3 Å². The molecule has 1 N–H and O–H groups in total. The largest absolute Gasteiger partial charge is 0.355 e. The molecule has 0 atom stereocenters. The summed E-state index contributed by atoms with van der Waals surface area (Å²) in [5.74, 6) is 1.16. The minimum Gasteiger partial charge on any atom is -0.355 e. The summed E-state index contributed by atoms with van der Waals surface area (Å²) < 4.78 is 5.54. The van der Waals surface area contributed by atoms with E-state index in [-0.39, 0.29) is 5.91 Å². The maximum absolute atomic E-state index is 12.8. The fourth-order valence-electron chi connectivity index (χ4n) is 4.47. The molecule has 1 fully saturated rings. The number of benzene rings is 1. The highest BCUT2D eigenvalue weighted by Gasteiger charge is 2.28. The van der Waals surface area contributed by atoms with Crippen molar-refractivity contribution < 1.29 is 9.32 Å². The van der Waals surface area contributed by atoms with Gasteiger partial charge in [-0.2, -0.15) is 0 Å². The zero-order chi connectivity index (χ0) is 20.5. The Balaban J connectivity index is 1.13. The number of rotatable bonds is 5. The predicted octanol–water partition coefficient (Wildman–Crippen LogP) is 4.80. The van der Waals surface area contributed by atoms with Crippen molar-refractivity contribution in [2.24, 2.45) is 5.92 Å². The van der Waals surface area contributed by atoms with E-state index in [1.807, 2.05) is 18.2 Å². The minimum absolute atomic E-state index is 0.111. The van der Waals surface area contributed by atoms with Crippen molar-refractivity contribution in [3.8, 4) is 11.3 Å². The molecule has 1 aromatic carbocycles. The van der Waals surface area contributed by atoms with E-state index >= 15 is 0 Å². The lowest BCUT2D eigenvalue weighted by molar-refractivity contribution is 0.0925. The van der Waals surface area contributed by atoms with Crippen molar-refractivity contribution in [2.45, 2.75) is 32.2 Å². The Kier molecular flexibility index (Phi) is 5.63. The number of likely N-dealkylation sites (tertiary alicyclic amines) is 1. The van der Waals surface area contributed by atoms with Crippen LogP contribution in [0.15, 0.2) is 40.2 Å². The van der Waals surface area contributed by atoms with Crippen LogP contribution in [0.25, 0.3) is 11.3 Å². The molecule has 1 saturated heterocycles. The molecule has 0 unspecified atom stereocenters. The molecule has 2 aromatic heterocycles. The molecule has 2 aliphatic rings. The number of hydrogen-bond acceptors (Lipinski definition) is 5. The lowest BCUT2D eigenvalue weighted by Gasteiger charge is -2.32. The smallest absolute Gasteiger partial charge is 0.273 e. The number of aryl methyl sites for hydroxylation is 1. The van der Waals surface area contributed by atoms with Crippen LogP contribution in [0.2, 0.25) is 5.02 Å². The monoisotopic (exact) mass is 441 g/mol. The fraction of sp³-hybridized carbons (Fsp3) is 0.391. The first kappa shape index (κ1) is 19.8. The highest BCUT2D eigenvalue weighted by Crippen LogP contribution is 2.38. The number of carbonyl (C=O) groups is 1. The molecular formula is C23H24ClN3O2S. The van der Waals surface area contributed by atoms with Crippen LogP contribution < -0.4 is 5.32 Å². The summed E-state index contributed by atoms with van der Waals surface area (Å²) in [6, 6.07) is 10.1. The quantitative estimate of drug-likeness (QED) is 0.618. The number of amides is 1. The molecule has 0 radical (unpaired) electrons. The zero-order valence-electron chi connectivity index (χ0n) is 16.7. The molecule has 0 bridgehead atoms. The van der Waals surface area contributed by atoms with Crippen molar-refractivity contribution in [3.63, 3.8) is 0 Å². The van der Waals surface area contributed by atoms with Crippen LogP contribution in [0, 0.1) is 5.92 Å². The van der Waals surface area contributed by atoms with E-state index in [0.717, 1.165) is 67.2 Å². The van der Waals surface area contributed by atoms with Crippen LogP contribution in [0.1, 0.15) is 39.3 Å². The predicted molar refractivity (Wildman–Crippen MR) is 119 cm³/mol. The molecule has 5 nitrogen and oxygen atoms in total. The fourth-order valence-corrected chi connectivity index (χ4v) is 5.56. The van der Waals surface area contributed by atoms with Gasteiger partial charge >= 0.3 is 0 Å². The average molecular weight is 442 g/mol. The Morgan fingerprint density at radius 3 is 2.97 bits per heavy atom. The molecule has 7 heteroatoms. The van der Waals surface area contributed by atoms with Crippen LogP contribution in [0.4, 0.5) is 0 Å². The first-order chi connectivity index (χ1) is 14.7. The number of fused-ring (bicyclic) bond motifs is 3. The summed E-state index contributed by atoms with van der Waals surface area (Å²) >= 11 is 7.83. The lowest BCUT2D eigenvalue weighted by atomic mass is 9.94. The second-order valence-electron chi connectivity index (χ2n) is 8.16. The van der Waals surface area contributed by atoms with E-state index in [2.05, 4.69) is 32.9 Å². The minimum atomic E-state index is -0.111. The highest BCUT2D eigenvalue weighted by molar-refractivity contribution is 7.10. The van der Waals surface area contributed by atoms with Crippen molar-refractivity contribution in [1.82, 2.24) is 15.4 Å². The van der Waals surface area contributed by atoms with Gasteiger partial charge in [-0.25, -0.2) is 0 Å². The number of aromatic nitrogens is 1. The van der Waals surface area contributed by atoms with Gasteiger partial charge in [0.15, 0.2) is 11.5 Å². The van der Waals surface area contributed by atoms with Gasteiger partial charge in [0, 0.05) is 34.1 Å². The summed E-state index contributed by atoms with van der Waals surface area (Å²) in [4.78, 5) is 16.5. The van der Waals surface area contributed by atoms with Gasteiger partial charge in [0.05, 0.1) is 0 Å². The van der Waals surface area contributed by atoms with Crippen molar-refractivity contribution >= 4 is 28.8 Å². The SMILES string of the molecule is O=C(NCC1CCN(Cc2cccc(Cl)c2)CC1)c1noc2c1CCc1sccc1-2. The number of hydrogen-bond donors (Lipinski definition) is 1. The third-order valence-corrected chi connectivity index (χ3v) is 7.36. The van der Waals surface area contributed by atoms with E-state index in [0.29, 0.717) is 18.2 Å². The number of nitrogens with one attached hydrogen (secondary N) is 1. The van der Waals surface area contributed by atoms with Crippen LogP contribution in [0.5, 0.6) is 0 Å². The van der Waals surface area contributed by atoms with Crippen molar-refractivity contribution in [2.75, 3.05) is 19.6 Å². The second-order valence-corrected chi connectivity index (χ2v) is 9.59. The maximum Gasteiger partial charge on any atom is 0.273 e. The molecule has 3 heterocycles. The van der Waals surface area contributed by atoms with E-state index < -0.39 is 0 Å². The van der Waals surface area contributed by atoms with Gasteiger partial charge in [-0.1, -0.05) is 28.9 Å². The van der Waals surface area contributed by atoms with Crippen LogP contribution in [-0.2, 0) is 19.4 Å². The molecule has 1 aliphatic carbocycles. The molecular weight excluding hydrogens is 418 g/mol. The third kappa shape index (κ3) is 4.04.